The summed E-state index contributed by atoms with van der Waals surface area (Å²) in [7, 11) is -3.41. The summed E-state index contributed by atoms with van der Waals surface area (Å²) in [5, 5.41) is 7.47. The van der Waals surface area contributed by atoms with E-state index >= 15 is 0 Å². The number of amides is 1. The zero-order valence-corrected chi connectivity index (χ0v) is 19.4. The maximum atomic E-state index is 13.4. The predicted molar refractivity (Wildman–Crippen MR) is 130 cm³/mol. The third kappa shape index (κ3) is 5.68. The molecule has 1 amide bonds. The first-order valence-electron chi connectivity index (χ1n) is 10.5. The van der Waals surface area contributed by atoms with Crippen LogP contribution < -0.4 is 10.0 Å². The second kappa shape index (κ2) is 9.48. The van der Waals surface area contributed by atoms with Gasteiger partial charge < -0.3 is 5.32 Å². The van der Waals surface area contributed by atoms with Crippen molar-refractivity contribution in [3.8, 4) is 16.9 Å². The molecule has 0 unspecified atom stereocenters. The zero-order chi connectivity index (χ0) is 24.3. The van der Waals surface area contributed by atoms with Gasteiger partial charge in [0.05, 0.1) is 17.5 Å². The molecule has 0 fully saturated rings. The Morgan fingerprint density at radius 1 is 1.03 bits per heavy atom. The minimum absolute atomic E-state index is 0.188. The number of carbonyl (C=O) groups is 1. The van der Waals surface area contributed by atoms with Gasteiger partial charge in [0.1, 0.15) is 11.5 Å². The molecule has 0 saturated heterocycles. The molecule has 1 heterocycles. The Labute approximate surface area is 197 Å². The molecule has 0 aliphatic carbocycles. The first-order valence-corrected chi connectivity index (χ1v) is 12.3. The summed E-state index contributed by atoms with van der Waals surface area (Å²) in [4.78, 5) is 13.2. The maximum Gasteiger partial charge on any atom is 0.255 e. The van der Waals surface area contributed by atoms with Crippen molar-refractivity contribution < 1.29 is 17.6 Å². The first-order chi connectivity index (χ1) is 16.2. The van der Waals surface area contributed by atoms with E-state index in [1.807, 2.05) is 31.2 Å². The number of sulfonamides is 1. The Balaban J connectivity index is 1.62. The van der Waals surface area contributed by atoms with Crippen LogP contribution in [-0.4, -0.2) is 30.4 Å². The van der Waals surface area contributed by atoms with Gasteiger partial charge in [-0.05, 0) is 48.9 Å². The van der Waals surface area contributed by atoms with Gasteiger partial charge in [0.15, 0.2) is 0 Å². The Hall–Kier alpha value is -3.98. The monoisotopic (exact) mass is 478 g/mol. The van der Waals surface area contributed by atoms with Gasteiger partial charge in [-0.1, -0.05) is 42.0 Å². The van der Waals surface area contributed by atoms with Crippen molar-refractivity contribution in [1.82, 2.24) is 15.1 Å². The van der Waals surface area contributed by atoms with Crippen LogP contribution in [0.15, 0.2) is 79.0 Å². The molecule has 1 aromatic heterocycles. The molecular weight excluding hydrogens is 455 g/mol. The van der Waals surface area contributed by atoms with Crippen LogP contribution in [0.5, 0.6) is 0 Å². The normalized spacial score (nSPS) is 11.3. The summed E-state index contributed by atoms with van der Waals surface area (Å²) >= 11 is 0. The molecule has 4 rings (SSSR count). The fourth-order valence-electron chi connectivity index (χ4n) is 3.43. The summed E-state index contributed by atoms with van der Waals surface area (Å²) in [6.45, 7) is 2.16. The number of nitrogens with zero attached hydrogens (tertiary/aromatic N) is 2. The lowest BCUT2D eigenvalue weighted by Crippen LogP contribution is -2.23. The standard InChI is InChI=1S/C25H23FN4O3S/c1-17-6-8-19(9-7-17)24-23(16-30(28-24)22-12-10-20(26)11-13-22)25(31)27-15-18-4-3-5-21(14-18)29-34(2,32)33/h3-14,16,29H,15H2,1-2H3,(H,27,31). The van der Waals surface area contributed by atoms with Crippen molar-refractivity contribution in [2.45, 2.75) is 13.5 Å². The smallest absolute Gasteiger partial charge is 0.255 e. The molecule has 174 valence electrons. The van der Waals surface area contributed by atoms with Gasteiger partial charge in [0.2, 0.25) is 10.0 Å². The number of nitrogens with one attached hydrogen (secondary N) is 2. The van der Waals surface area contributed by atoms with E-state index in [4.69, 9.17) is 0 Å². The van der Waals surface area contributed by atoms with Gasteiger partial charge in [-0.3, -0.25) is 9.52 Å². The fraction of sp³-hybridized carbons (Fsp3) is 0.120. The molecule has 9 heteroatoms. The van der Waals surface area contributed by atoms with Crippen LogP contribution in [0.4, 0.5) is 10.1 Å². The lowest BCUT2D eigenvalue weighted by Gasteiger charge is -2.08. The summed E-state index contributed by atoms with van der Waals surface area (Å²) < 4.78 is 40.3. The third-order valence-electron chi connectivity index (χ3n) is 5.06. The second-order valence-electron chi connectivity index (χ2n) is 7.94. The number of halogens is 1. The zero-order valence-electron chi connectivity index (χ0n) is 18.6. The number of rotatable bonds is 7. The Morgan fingerprint density at radius 3 is 2.41 bits per heavy atom. The van der Waals surface area contributed by atoms with E-state index in [1.54, 1.807) is 47.3 Å². The van der Waals surface area contributed by atoms with Crippen molar-refractivity contribution in [2.24, 2.45) is 0 Å². The SMILES string of the molecule is Cc1ccc(-c2nn(-c3ccc(F)cc3)cc2C(=O)NCc2cccc(NS(C)(=O)=O)c2)cc1. The summed E-state index contributed by atoms with van der Waals surface area (Å²) in [5.74, 6) is -0.703. The minimum atomic E-state index is -3.41. The van der Waals surface area contributed by atoms with E-state index in [9.17, 15) is 17.6 Å². The van der Waals surface area contributed by atoms with Crippen molar-refractivity contribution in [2.75, 3.05) is 11.0 Å². The Morgan fingerprint density at radius 2 is 1.74 bits per heavy atom. The highest BCUT2D eigenvalue weighted by Crippen LogP contribution is 2.24. The summed E-state index contributed by atoms with van der Waals surface area (Å²) in [6, 6.07) is 20.3. The van der Waals surface area contributed by atoms with Crippen LogP contribution in [0.25, 0.3) is 16.9 Å². The summed E-state index contributed by atoms with van der Waals surface area (Å²) in [5.41, 5.74) is 4.47. The third-order valence-corrected chi connectivity index (χ3v) is 5.66. The molecule has 0 radical (unpaired) electrons. The quantitative estimate of drug-likeness (QED) is 0.415. The number of carbonyl (C=O) groups excluding carboxylic acids is 1. The molecule has 0 spiro atoms. The topological polar surface area (TPSA) is 93.1 Å². The molecular formula is C25H23FN4O3S. The maximum absolute atomic E-state index is 13.4. The lowest BCUT2D eigenvalue weighted by atomic mass is 10.1. The largest absolute Gasteiger partial charge is 0.348 e. The highest BCUT2D eigenvalue weighted by molar-refractivity contribution is 7.92. The molecule has 3 aromatic carbocycles. The average molecular weight is 479 g/mol. The average Bonchev–Trinajstić information content (AvgIpc) is 3.23. The van der Waals surface area contributed by atoms with Crippen LogP contribution in [0.1, 0.15) is 21.5 Å². The molecule has 0 bridgehead atoms. The number of anilines is 1. The van der Waals surface area contributed by atoms with E-state index in [1.165, 1.54) is 12.1 Å². The predicted octanol–water partition coefficient (Wildman–Crippen LogP) is 4.29. The van der Waals surface area contributed by atoms with E-state index in [-0.39, 0.29) is 18.3 Å². The van der Waals surface area contributed by atoms with Crippen molar-refractivity contribution in [3.63, 3.8) is 0 Å². The molecule has 0 saturated carbocycles. The number of aromatic nitrogens is 2. The van der Waals surface area contributed by atoms with E-state index in [0.29, 0.717) is 22.6 Å². The van der Waals surface area contributed by atoms with Gasteiger partial charge in [-0.2, -0.15) is 5.10 Å². The Bertz CT molecular complexity index is 1430. The molecule has 4 aromatic rings. The van der Waals surface area contributed by atoms with Crippen molar-refractivity contribution in [1.29, 1.82) is 0 Å². The van der Waals surface area contributed by atoms with Crippen LogP contribution in [0.2, 0.25) is 0 Å². The minimum Gasteiger partial charge on any atom is -0.348 e. The number of aryl methyl sites for hydroxylation is 1. The molecule has 0 aliphatic rings. The van der Waals surface area contributed by atoms with Gasteiger partial charge in [0.25, 0.3) is 5.91 Å². The number of benzene rings is 3. The number of hydrogen-bond acceptors (Lipinski definition) is 4. The van der Waals surface area contributed by atoms with Gasteiger partial charge in [-0.25, -0.2) is 17.5 Å². The molecule has 7 nitrogen and oxygen atoms in total. The van der Waals surface area contributed by atoms with E-state index in [0.717, 1.165) is 22.9 Å². The second-order valence-corrected chi connectivity index (χ2v) is 9.68. The fourth-order valence-corrected chi connectivity index (χ4v) is 3.98. The van der Waals surface area contributed by atoms with Crippen LogP contribution >= 0.6 is 0 Å². The van der Waals surface area contributed by atoms with Gasteiger partial charge in [0, 0.05) is 24.0 Å². The van der Waals surface area contributed by atoms with Crippen molar-refractivity contribution in [3.05, 3.63) is 102 Å². The molecule has 0 atom stereocenters. The van der Waals surface area contributed by atoms with E-state index < -0.39 is 10.0 Å². The van der Waals surface area contributed by atoms with Crippen molar-refractivity contribution >= 4 is 21.6 Å². The highest BCUT2D eigenvalue weighted by Gasteiger charge is 2.19. The van der Waals surface area contributed by atoms with Crippen LogP contribution in [0, 0.1) is 12.7 Å². The highest BCUT2D eigenvalue weighted by atomic mass is 32.2. The van der Waals surface area contributed by atoms with Crippen LogP contribution in [0.3, 0.4) is 0 Å². The molecule has 0 aliphatic heterocycles. The van der Waals surface area contributed by atoms with Gasteiger partial charge in [-0.15, -0.1) is 0 Å². The molecule has 34 heavy (non-hydrogen) atoms. The Kier molecular flexibility index (Phi) is 6.47. The lowest BCUT2D eigenvalue weighted by molar-refractivity contribution is 0.0951. The van der Waals surface area contributed by atoms with E-state index in [2.05, 4.69) is 15.1 Å². The number of hydrogen-bond donors (Lipinski definition) is 2. The molecule has 2 N–H and O–H groups in total. The first kappa shape index (κ1) is 23.2. The van der Waals surface area contributed by atoms with Gasteiger partial charge >= 0.3 is 0 Å². The van der Waals surface area contributed by atoms with Crippen LogP contribution in [-0.2, 0) is 16.6 Å². The summed E-state index contributed by atoms with van der Waals surface area (Å²) in [6.07, 6.45) is 2.69.